The molecule has 2 aromatic carbocycles. The fourth-order valence-electron chi connectivity index (χ4n) is 4.71. The molecule has 1 aliphatic carbocycles. The summed E-state index contributed by atoms with van der Waals surface area (Å²) in [4.78, 5) is 38.8. The van der Waals surface area contributed by atoms with Gasteiger partial charge in [-0.25, -0.2) is 19.7 Å². The lowest BCUT2D eigenvalue weighted by Gasteiger charge is -2.28. The minimum atomic E-state index is -4.60. The molecule has 0 bridgehead atoms. The summed E-state index contributed by atoms with van der Waals surface area (Å²) in [6.07, 6.45) is 1.96. The zero-order valence-electron chi connectivity index (χ0n) is 22.8. The van der Waals surface area contributed by atoms with Gasteiger partial charge < -0.3 is 25.3 Å². The molecule has 14 heteroatoms. The van der Waals surface area contributed by atoms with Crippen LogP contribution in [0.5, 0.6) is 11.6 Å². The summed E-state index contributed by atoms with van der Waals surface area (Å²) in [5.74, 6) is 1.71. The third-order valence-corrected chi connectivity index (χ3v) is 7.07. The predicted octanol–water partition coefficient (Wildman–Crippen LogP) is 5.49. The first-order valence-corrected chi connectivity index (χ1v) is 13.6. The number of urea groups is 1. The van der Waals surface area contributed by atoms with Crippen molar-refractivity contribution >= 4 is 29.1 Å². The molecule has 0 saturated heterocycles. The second-order valence-electron chi connectivity index (χ2n) is 10.3. The molecule has 2 aliphatic rings. The number of nitrogens with zero attached hydrogens (tertiary/aromatic N) is 5. The van der Waals surface area contributed by atoms with Gasteiger partial charge in [-0.15, -0.1) is 0 Å². The molecule has 0 spiro atoms. The second kappa shape index (κ2) is 11.7. The van der Waals surface area contributed by atoms with Crippen LogP contribution in [0.4, 0.5) is 35.2 Å². The fraction of sp³-hybridized carbons (Fsp3) is 0.276. The SMILES string of the molecule is O=C(Nc1ccc(Oc2cc(NC(=O)C3CC3)ncn2)cc1)Nc1ccc(CN2CCn3ccnc3C2)c(C(F)(F)F)c1. The van der Waals surface area contributed by atoms with E-state index in [9.17, 15) is 22.8 Å². The van der Waals surface area contributed by atoms with Crippen LogP contribution in [0.2, 0.25) is 0 Å². The second-order valence-corrected chi connectivity index (χ2v) is 10.3. The Morgan fingerprint density at radius 2 is 1.70 bits per heavy atom. The van der Waals surface area contributed by atoms with Crippen molar-refractivity contribution in [1.82, 2.24) is 24.4 Å². The molecule has 3 amide bonds. The maximum absolute atomic E-state index is 14.0. The molecule has 222 valence electrons. The molecule has 0 atom stereocenters. The first kappa shape index (κ1) is 28.2. The van der Waals surface area contributed by atoms with E-state index in [1.165, 1.54) is 24.5 Å². The smallest absolute Gasteiger partial charge is 0.416 e. The van der Waals surface area contributed by atoms with Crippen molar-refractivity contribution in [3.05, 3.63) is 84.2 Å². The number of hydrogen-bond acceptors (Lipinski definition) is 7. The van der Waals surface area contributed by atoms with E-state index >= 15 is 0 Å². The van der Waals surface area contributed by atoms with E-state index < -0.39 is 17.8 Å². The van der Waals surface area contributed by atoms with Crippen molar-refractivity contribution in [3.8, 4) is 11.6 Å². The number of fused-ring (bicyclic) bond motifs is 1. The van der Waals surface area contributed by atoms with Gasteiger partial charge in [0.2, 0.25) is 11.8 Å². The van der Waals surface area contributed by atoms with Crippen molar-refractivity contribution in [2.45, 2.75) is 38.7 Å². The largest absolute Gasteiger partial charge is 0.439 e. The third kappa shape index (κ3) is 7.09. The van der Waals surface area contributed by atoms with Crippen LogP contribution in [-0.4, -0.2) is 42.9 Å². The standard InChI is InChI=1S/C29H27F3N8O3/c30-29(31,32)23-13-21(4-3-19(23)15-39-11-12-40-10-9-33-25(40)16-39)37-28(42)36-20-5-7-22(8-6-20)43-26-14-24(34-17-35-26)38-27(41)18-1-2-18/h3-10,13-14,17-18H,1-2,11-12,15-16H2,(H2,36,37,42)(H,34,35,38,41). The van der Waals surface area contributed by atoms with Crippen LogP contribution in [-0.2, 0) is 30.6 Å². The lowest BCUT2D eigenvalue weighted by Crippen LogP contribution is -2.33. The summed E-state index contributed by atoms with van der Waals surface area (Å²) in [7, 11) is 0. The van der Waals surface area contributed by atoms with Gasteiger partial charge in [-0.2, -0.15) is 13.2 Å². The number of imidazole rings is 1. The Morgan fingerprint density at radius 3 is 2.47 bits per heavy atom. The Kier molecular flexibility index (Phi) is 7.67. The molecule has 1 fully saturated rings. The number of carbonyl (C=O) groups is 2. The fourth-order valence-corrected chi connectivity index (χ4v) is 4.71. The Balaban J connectivity index is 1.05. The molecule has 0 radical (unpaired) electrons. The van der Waals surface area contributed by atoms with Crippen LogP contribution < -0.4 is 20.7 Å². The predicted molar refractivity (Wildman–Crippen MR) is 150 cm³/mol. The number of amides is 3. The maximum Gasteiger partial charge on any atom is 0.416 e. The summed E-state index contributed by atoms with van der Waals surface area (Å²) < 4.78 is 49.6. The Labute approximate surface area is 244 Å². The van der Waals surface area contributed by atoms with E-state index in [1.54, 1.807) is 30.5 Å². The number of hydrogen-bond donors (Lipinski definition) is 3. The Morgan fingerprint density at radius 1 is 0.930 bits per heavy atom. The summed E-state index contributed by atoms with van der Waals surface area (Å²) in [6.45, 7) is 1.82. The number of alkyl halides is 3. The highest BCUT2D eigenvalue weighted by Gasteiger charge is 2.34. The first-order valence-electron chi connectivity index (χ1n) is 13.6. The number of rotatable bonds is 8. The van der Waals surface area contributed by atoms with E-state index in [2.05, 4.69) is 30.9 Å². The van der Waals surface area contributed by atoms with Crippen LogP contribution in [0.25, 0.3) is 0 Å². The van der Waals surface area contributed by atoms with Crippen molar-refractivity contribution in [3.63, 3.8) is 0 Å². The normalized spacial score (nSPS) is 15.0. The lowest BCUT2D eigenvalue weighted by molar-refractivity contribution is -0.138. The van der Waals surface area contributed by atoms with E-state index in [1.807, 2.05) is 15.7 Å². The molecule has 3 heterocycles. The third-order valence-electron chi connectivity index (χ3n) is 7.07. The summed E-state index contributed by atoms with van der Waals surface area (Å²) in [6, 6.07) is 10.9. The molecule has 6 rings (SSSR count). The first-order chi connectivity index (χ1) is 20.7. The number of nitrogens with one attached hydrogen (secondary N) is 3. The van der Waals surface area contributed by atoms with Gasteiger partial charge in [0.25, 0.3) is 0 Å². The molecule has 11 nitrogen and oxygen atoms in total. The highest BCUT2D eigenvalue weighted by Crippen LogP contribution is 2.35. The van der Waals surface area contributed by atoms with Gasteiger partial charge in [0.15, 0.2) is 0 Å². The van der Waals surface area contributed by atoms with Gasteiger partial charge in [-0.05, 0) is 54.8 Å². The maximum atomic E-state index is 14.0. The molecule has 1 saturated carbocycles. The average molecular weight is 593 g/mol. The van der Waals surface area contributed by atoms with E-state index in [0.717, 1.165) is 24.7 Å². The van der Waals surface area contributed by atoms with Gasteiger partial charge in [0.1, 0.15) is 23.7 Å². The molecule has 0 unspecified atom stereocenters. The number of ether oxygens (including phenoxy) is 1. The number of benzene rings is 2. The minimum Gasteiger partial charge on any atom is -0.439 e. The molecule has 1 aliphatic heterocycles. The molecule has 3 N–H and O–H groups in total. The van der Waals surface area contributed by atoms with Crippen LogP contribution >= 0.6 is 0 Å². The summed E-state index contributed by atoms with van der Waals surface area (Å²) >= 11 is 0. The van der Waals surface area contributed by atoms with Crippen LogP contribution in [0.3, 0.4) is 0 Å². The summed E-state index contributed by atoms with van der Waals surface area (Å²) in [5, 5.41) is 7.79. The van der Waals surface area contributed by atoms with Crippen molar-refractivity contribution < 1.29 is 27.5 Å². The number of aromatic nitrogens is 4. The topological polar surface area (TPSA) is 126 Å². The van der Waals surface area contributed by atoms with Crippen LogP contribution in [0.15, 0.2) is 67.3 Å². The molecule has 4 aromatic rings. The van der Waals surface area contributed by atoms with E-state index in [-0.39, 0.29) is 35.5 Å². The van der Waals surface area contributed by atoms with Gasteiger partial charge in [0.05, 0.1) is 12.1 Å². The van der Waals surface area contributed by atoms with E-state index in [4.69, 9.17) is 4.74 Å². The van der Waals surface area contributed by atoms with Gasteiger partial charge in [-0.3, -0.25) is 9.69 Å². The van der Waals surface area contributed by atoms with Gasteiger partial charge >= 0.3 is 12.2 Å². The van der Waals surface area contributed by atoms with Crippen molar-refractivity contribution in [2.75, 3.05) is 22.5 Å². The number of halogens is 3. The van der Waals surface area contributed by atoms with Crippen molar-refractivity contribution in [1.29, 1.82) is 0 Å². The lowest BCUT2D eigenvalue weighted by atomic mass is 10.0. The quantitative estimate of drug-likeness (QED) is 0.247. The van der Waals surface area contributed by atoms with Gasteiger partial charge in [-0.1, -0.05) is 6.07 Å². The average Bonchev–Trinajstić information content (AvgIpc) is 3.72. The Bertz CT molecular complexity index is 1640. The summed E-state index contributed by atoms with van der Waals surface area (Å²) in [5.41, 5.74) is -0.284. The minimum absolute atomic E-state index is 0.0102. The highest BCUT2D eigenvalue weighted by molar-refractivity contribution is 5.99. The van der Waals surface area contributed by atoms with Gasteiger partial charge in [0, 0.05) is 55.4 Å². The molecular formula is C29H27F3N8O3. The molecule has 43 heavy (non-hydrogen) atoms. The van der Waals surface area contributed by atoms with Crippen LogP contribution in [0.1, 0.15) is 29.8 Å². The van der Waals surface area contributed by atoms with Crippen molar-refractivity contribution in [2.24, 2.45) is 5.92 Å². The molecule has 2 aromatic heterocycles. The zero-order chi connectivity index (χ0) is 30.0. The Hall–Kier alpha value is -4.98. The zero-order valence-corrected chi connectivity index (χ0v) is 22.8. The monoisotopic (exact) mass is 592 g/mol. The highest BCUT2D eigenvalue weighted by atomic mass is 19.4. The molecular weight excluding hydrogens is 565 g/mol. The number of anilines is 3. The number of carbonyl (C=O) groups excluding carboxylic acids is 2. The van der Waals surface area contributed by atoms with Crippen LogP contribution in [0, 0.1) is 5.92 Å². The van der Waals surface area contributed by atoms with E-state index in [0.29, 0.717) is 36.9 Å².